The Balaban J connectivity index is 2.34. The van der Waals surface area contributed by atoms with E-state index in [2.05, 4.69) is 4.98 Å². The van der Waals surface area contributed by atoms with Gasteiger partial charge < -0.3 is 9.72 Å². The van der Waals surface area contributed by atoms with Crippen molar-refractivity contribution in [3.05, 3.63) is 41.1 Å². The number of ether oxygens (including phenoxy) is 1. The largest absolute Gasteiger partial charge is 0.497 e. The number of rotatable bonds is 1. The van der Waals surface area contributed by atoms with E-state index in [1.54, 1.807) is 32.2 Å². The summed E-state index contributed by atoms with van der Waals surface area (Å²) in [6.45, 7) is 1.66. The minimum absolute atomic E-state index is 0.0963. The molecule has 0 bridgehead atoms. The minimum Gasteiger partial charge on any atom is -0.497 e. The van der Waals surface area contributed by atoms with Crippen LogP contribution in [0.15, 0.2) is 29.8 Å². The number of allylic oxidation sites excluding steroid dienone is 2. The number of nitrogens with one attached hydrogen (secondary N) is 1. The zero-order valence-corrected chi connectivity index (χ0v) is 10.0. The van der Waals surface area contributed by atoms with E-state index in [-0.39, 0.29) is 11.6 Å². The molecule has 0 saturated carbocycles. The zero-order chi connectivity index (χ0) is 12.9. The number of aromatic amines is 1. The van der Waals surface area contributed by atoms with Crippen molar-refractivity contribution in [2.24, 2.45) is 0 Å². The molecule has 90 valence electrons. The Bertz CT molecular complexity index is 722. The van der Waals surface area contributed by atoms with Gasteiger partial charge in [-0.1, -0.05) is 0 Å². The summed E-state index contributed by atoms with van der Waals surface area (Å²) in [4.78, 5) is 27.0. The summed E-state index contributed by atoms with van der Waals surface area (Å²) in [5.41, 5.74) is 2.06. The van der Waals surface area contributed by atoms with E-state index in [9.17, 15) is 9.59 Å². The number of hydrogen-bond donors (Lipinski definition) is 1. The summed E-state index contributed by atoms with van der Waals surface area (Å²) in [6.07, 6.45) is 1.37. The van der Waals surface area contributed by atoms with Crippen LogP contribution in [0.25, 0.3) is 10.9 Å². The van der Waals surface area contributed by atoms with Crippen LogP contribution in [0.1, 0.15) is 27.8 Å². The molecule has 0 fully saturated rings. The zero-order valence-electron chi connectivity index (χ0n) is 10.0. The van der Waals surface area contributed by atoms with Crippen molar-refractivity contribution in [3.63, 3.8) is 0 Å². The maximum atomic E-state index is 12.1. The van der Waals surface area contributed by atoms with Gasteiger partial charge in [0.15, 0.2) is 5.78 Å². The highest BCUT2D eigenvalue weighted by Gasteiger charge is 2.27. The SMILES string of the molecule is COc1ccc2c3c([nH]c2c1)C(=O)C=C(C)C3=O. The number of benzene rings is 1. The van der Waals surface area contributed by atoms with Crippen LogP contribution < -0.4 is 4.74 Å². The van der Waals surface area contributed by atoms with Gasteiger partial charge in [0.25, 0.3) is 0 Å². The number of Topliss-reactive ketones (excluding diaryl/α,β-unsaturated/α-hetero) is 1. The Hall–Kier alpha value is -2.36. The Morgan fingerprint density at radius 2 is 2.00 bits per heavy atom. The molecular weight excluding hydrogens is 230 g/mol. The monoisotopic (exact) mass is 241 g/mol. The standard InChI is InChI=1S/C14H11NO3/c1-7-5-11(16)13-12(14(7)17)9-4-3-8(18-2)6-10(9)15-13/h3-6,15H,1-2H3. The first kappa shape index (κ1) is 10.8. The van der Waals surface area contributed by atoms with Crippen LogP contribution in [-0.2, 0) is 0 Å². The Kier molecular flexibility index (Phi) is 2.13. The lowest BCUT2D eigenvalue weighted by molar-refractivity contribution is 0.0983. The van der Waals surface area contributed by atoms with Crippen LogP contribution in [0.5, 0.6) is 5.75 Å². The lowest BCUT2D eigenvalue weighted by Gasteiger charge is -2.07. The molecule has 4 heteroatoms. The fourth-order valence-corrected chi connectivity index (χ4v) is 2.26. The number of H-pyrrole nitrogens is 1. The molecule has 1 heterocycles. The van der Waals surface area contributed by atoms with Crippen LogP contribution >= 0.6 is 0 Å². The van der Waals surface area contributed by atoms with Gasteiger partial charge in [0.05, 0.1) is 23.9 Å². The number of fused-ring (bicyclic) bond motifs is 3. The molecule has 1 aliphatic carbocycles. The number of aromatic nitrogens is 1. The normalized spacial score (nSPS) is 14.7. The predicted molar refractivity (Wildman–Crippen MR) is 67.3 cm³/mol. The summed E-state index contributed by atoms with van der Waals surface area (Å²) in [5, 5.41) is 0.761. The highest BCUT2D eigenvalue weighted by molar-refractivity contribution is 6.28. The number of ketones is 2. The van der Waals surface area contributed by atoms with Crippen LogP contribution in [0.3, 0.4) is 0 Å². The van der Waals surface area contributed by atoms with Gasteiger partial charge in [0.2, 0.25) is 5.78 Å². The maximum absolute atomic E-state index is 12.1. The van der Waals surface area contributed by atoms with Crippen molar-refractivity contribution in [2.45, 2.75) is 6.92 Å². The fraction of sp³-hybridized carbons (Fsp3) is 0.143. The van der Waals surface area contributed by atoms with Gasteiger partial charge >= 0.3 is 0 Å². The number of hydrogen-bond acceptors (Lipinski definition) is 3. The summed E-state index contributed by atoms with van der Waals surface area (Å²) in [5.74, 6) is 0.434. The topological polar surface area (TPSA) is 59.2 Å². The second-order valence-corrected chi connectivity index (χ2v) is 4.31. The lowest BCUT2D eigenvalue weighted by atomic mass is 9.94. The molecule has 1 aromatic heterocycles. The first-order valence-electron chi connectivity index (χ1n) is 5.59. The van der Waals surface area contributed by atoms with Crippen molar-refractivity contribution in [2.75, 3.05) is 7.11 Å². The average molecular weight is 241 g/mol. The molecule has 0 radical (unpaired) electrons. The molecule has 0 spiro atoms. The predicted octanol–water partition coefficient (Wildman–Crippen LogP) is 2.50. The second-order valence-electron chi connectivity index (χ2n) is 4.31. The maximum Gasteiger partial charge on any atom is 0.203 e. The average Bonchev–Trinajstić information content (AvgIpc) is 2.74. The Morgan fingerprint density at radius 1 is 1.22 bits per heavy atom. The Labute approximate surface area is 103 Å². The summed E-state index contributed by atoms with van der Waals surface area (Å²) < 4.78 is 5.13. The molecule has 0 saturated heterocycles. The smallest absolute Gasteiger partial charge is 0.203 e. The first-order valence-corrected chi connectivity index (χ1v) is 5.59. The highest BCUT2D eigenvalue weighted by atomic mass is 16.5. The Morgan fingerprint density at radius 3 is 2.72 bits per heavy atom. The fourth-order valence-electron chi connectivity index (χ4n) is 2.26. The van der Waals surface area contributed by atoms with Gasteiger partial charge in [-0.2, -0.15) is 0 Å². The van der Waals surface area contributed by atoms with Gasteiger partial charge in [-0.3, -0.25) is 9.59 Å². The molecule has 1 aliphatic rings. The van der Waals surface area contributed by atoms with E-state index in [0.29, 0.717) is 22.6 Å². The third kappa shape index (κ3) is 1.32. The molecule has 1 N–H and O–H groups in total. The molecule has 4 nitrogen and oxygen atoms in total. The molecule has 18 heavy (non-hydrogen) atoms. The third-order valence-corrected chi connectivity index (χ3v) is 3.18. The van der Waals surface area contributed by atoms with E-state index in [0.717, 1.165) is 10.9 Å². The van der Waals surface area contributed by atoms with E-state index in [1.165, 1.54) is 6.08 Å². The van der Waals surface area contributed by atoms with E-state index in [1.807, 2.05) is 0 Å². The van der Waals surface area contributed by atoms with Gasteiger partial charge in [0, 0.05) is 17.0 Å². The van der Waals surface area contributed by atoms with Gasteiger partial charge in [0.1, 0.15) is 5.75 Å². The first-order chi connectivity index (χ1) is 8.61. The minimum atomic E-state index is -0.155. The van der Waals surface area contributed by atoms with Crippen molar-refractivity contribution in [3.8, 4) is 5.75 Å². The number of carbonyl (C=O) groups is 2. The van der Waals surface area contributed by atoms with Crippen molar-refractivity contribution >= 4 is 22.5 Å². The lowest BCUT2D eigenvalue weighted by Crippen LogP contribution is -2.14. The van der Waals surface area contributed by atoms with Crippen molar-refractivity contribution < 1.29 is 14.3 Å². The van der Waals surface area contributed by atoms with E-state index >= 15 is 0 Å². The van der Waals surface area contributed by atoms with Crippen molar-refractivity contribution in [1.29, 1.82) is 0 Å². The number of carbonyl (C=O) groups excluding carboxylic acids is 2. The molecule has 0 unspecified atom stereocenters. The van der Waals surface area contributed by atoms with Crippen LogP contribution in [0.4, 0.5) is 0 Å². The van der Waals surface area contributed by atoms with Crippen molar-refractivity contribution in [1.82, 2.24) is 4.98 Å². The summed E-state index contributed by atoms with van der Waals surface area (Å²) in [7, 11) is 1.58. The third-order valence-electron chi connectivity index (χ3n) is 3.18. The molecule has 0 aliphatic heterocycles. The molecule has 2 aromatic rings. The van der Waals surface area contributed by atoms with Gasteiger partial charge in [-0.25, -0.2) is 0 Å². The van der Waals surface area contributed by atoms with Gasteiger partial charge in [-0.05, 0) is 25.1 Å². The molecule has 1 aromatic carbocycles. The number of methoxy groups -OCH3 is 1. The van der Waals surface area contributed by atoms with Crippen LogP contribution in [0, 0.1) is 0 Å². The molecule has 0 atom stereocenters. The molecule has 0 amide bonds. The van der Waals surface area contributed by atoms with Crippen LogP contribution in [-0.4, -0.2) is 23.7 Å². The highest BCUT2D eigenvalue weighted by Crippen LogP contribution is 2.30. The van der Waals surface area contributed by atoms with E-state index < -0.39 is 0 Å². The summed E-state index contributed by atoms with van der Waals surface area (Å²) >= 11 is 0. The molecular formula is C14H11NO3. The van der Waals surface area contributed by atoms with E-state index in [4.69, 9.17) is 4.74 Å². The molecule has 3 rings (SSSR count). The quantitative estimate of drug-likeness (QED) is 0.834. The van der Waals surface area contributed by atoms with Gasteiger partial charge in [-0.15, -0.1) is 0 Å². The second kappa shape index (κ2) is 3.57. The van der Waals surface area contributed by atoms with Crippen LogP contribution in [0.2, 0.25) is 0 Å². The summed E-state index contributed by atoms with van der Waals surface area (Å²) in [6, 6.07) is 5.36.